The third-order valence-corrected chi connectivity index (χ3v) is 6.50. The van der Waals surface area contributed by atoms with Crippen LogP contribution in [0, 0.1) is 5.92 Å². The number of aliphatic hydroxyl groups excluding tert-OH is 9. The minimum Gasteiger partial charge on any atom is -0.394 e. The molecule has 3 aliphatic rings. The summed E-state index contributed by atoms with van der Waals surface area (Å²) in [6.45, 7) is 1.89. The van der Waals surface area contributed by atoms with E-state index in [9.17, 15) is 46.0 Å². The van der Waals surface area contributed by atoms with Crippen LogP contribution in [0.5, 0.6) is 0 Å². The van der Waals surface area contributed by atoms with Crippen LogP contribution in [0.3, 0.4) is 0 Å². The summed E-state index contributed by atoms with van der Waals surface area (Å²) in [5.41, 5.74) is 0. The molecule has 0 amide bonds. The molecule has 3 fully saturated rings. The highest BCUT2D eigenvalue weighted by Crippen LogP contribution is 2.33. The van der Waals surface area contributed by atoms with E-state index in [0.717, 1.165) is 0 Å². The van der Waals surface area contributed by atoms with Gasteiger partial charge in [-0.2, -0.15) is 0 Å². The number of hydrogen-bond donors (Lipinski definition) is 9. The van der Waals surface area contributed by atoms with Gasteiger partial charge in [0.05, 0.1) is 25.4 Å². The number of rotatable bonds is 6. The minimum atomic E-state index is -1.81. The maximum atomic E-state index is 10.6. The molecular weight excluding hydrogens is 452 g/mol. The maximum absolute atomic E-state index is 10.6. The molecule has 14 nitrogen and oxygen atoms in total. The van der Waals surface area contributed by atoms with Crippen molar-refractivity contribution in [1.82, 2.24) is 0 Å². The van der Waals surface area contributed by atoms with Crippen molar-refractivity contribution in [2.45, 2.75) is 99.9 Å². The van der Waals surface area contributed by atoms with Gasteiger partial charge in [-0.1, -0.05) is 6.92 Å². The van der Waals surface area contributed by atoms with E-state index in [0.29, 0.717) is 0 Å². The summed E-state index contributed by atoms with van der Waals surface area (Å²) >= 11 is 0. The van der Waals surface area contributed by atoms with Crippen molar-refractivity contribution in [3.63, 3.8) is 0 Å². The highest BCUT2D eigenvalue weighted by atomic mass is 16.7. The molecule has 194 valence electrons. The van der Waals surface area contributed by atoms with E-state index >= 15 is 0 Å². The quantitative estimate of drug-likeness (QED) is 0.171. The zero-order valence-corrected chi connectivity index (χ0v) is 18.1. The second-order valence-corrected chi connectivity index (χ2v) is 8.69. The van der Waals surface area contributed by atoms with Gasteiger partial charge in [-0.15, -0.1) is 0 Å². The lowest BCUT2D eigenvalue weighted by atomic mass is 9.91. The lowest BCUT2D eigenvalue weighted by Crippen LogP contribution is -2.66. The molecule has 3 heterocycles. The van der Waals surface area contributed by atoms with Gasteiger partial charge < -0.3 is 69.6 Å². The van der Waals surface area contributed by atoms with Gasteiger partial charge in [0, 0.05) is 5.92 Å². The summed E-state index contributed by atoms with van der Waals surface area (Å²) in [6.07, 6.45) is -20.6. The van der Waals surface area contributed by atoms with Crippen LogP contribution < -0.4 is 0 Å². The molecule has 0 aromatic heterocycles. The summed E-state index contributed by atoms with van der Waals surface area (Å²) in [4.78, 5) is 0. The van der Waals surface area contributed by atoms with E-state index in [1.807, 2.05) is 0 Å². The Morgan fingerprint density at radius 1 is 0.576 bits per heavy atom. The van der Waals surface area contributed by atoms with Crippen LogP contribution in [0.2, 0.25) is 0 Å². The lowest BCUT2D eigenvalue weighted by molar-refractivity contribution is -0.374. The molecular formula is C19H34O14. The van der Waals surface area contributed by atoms with Gasteiger partial charge in [0.1, 0.15) is 54.9 Å². The summed E-state index contributed by atoms with van der Waals surface area (Å²) in [7, 11) is 0. The smallest absolute Gasteiger partial charge is 0.187 e. The van der Waals surface area contributed by atoms with E-state index in [4.69, 9.17) is 23.7 Å². The standard InChI is InChI=1S/C19H34O14/c1-5-6(2)29-18(13(26)9(5)22)32-16-8(4-21)31-19(14(27)11(16)24)33-15-7(3-20)30-17(28)12(25)10(15)23/h5-28H,3-4H2,1-2H3/t5-,6?,7?,8?,9?,10?,11?,12+,13+,14+,15+,16+,17?,18+,19+/m1/s1. The zero-order chi connectivity index (χ0) is 24.6. The largest absolute Gasteiger partial charge is 0.394 e. The first-order valence-electron chi connectivity index (χ1n) is 10.8. The maximum Gasteiger partial charge on any atom is 0.187 e. The Balaban J connectivity index is 1.71. The van der Waals surface area contributed by atoms with Crippen LogP contribution in [0.1, 0.15) is 13.8 Å². The molecule has 3 saturated heterocycles. The molecule has 0 aliphatic carbocycles. The fraction of sp³-hybridized carbons (Fsp3) is 1.00. The van der Waals surface area contributed by atoms with Crippen molar-refractivity contribution in [1.29, 1.82) is 0 Å². The first-order chi connectivity index (χ1) is 15.5. The number of hydrogen-bond acceptors (Lipinski definition) is 14. The molecule has 3 aliphatic heterocycles. The predicted octanol–water partition coefficient (Wildman–Crippen LogP) is -5.27. The van der Waals surface area contributed by atoms with Crippen molar-refractivity contribution in [3.05, 3.63) is 0 Å². The molecule has 0 aromatic carbocycles. The van der Waals surface area contributed by atoms with Gasteiger partial charge in [0.25, 0.3) is 0 Å². The SMILES string of the molecule is CC1O[C@@H](O[C@H]2C(CO)O[C@@H](O[C@H]3C(CO)OC(O)[C@@H](O)C3O)[C@@H](O)C2O)[C@@H](O)C(O)[C@@H]1C. The third kappa shape index (κ3) is 5.34. The predicted molar refractivity (Wildman–Crippen MR) is 103 cm³/mol. The molecule has 15 atom stereocenters. The Kier molecular flexibility index (Phi) is 9.02. The molecule has 0 saturated carbocycles. The third-order valence-electron chi connectivity index (χ3n) is 6.50. The van der Waals surface area contributed by atoms with Gasteiger partial charge in [0.2, 0.25) is 0 Å². The van der Waals surface area contributed by atoms with Crippen molar-refractivity contribution in [3.8, 4) is 0 Å². The molecule has 7 unspecified atom stereocenters. The highest BCUT2D eigenvalue weighted by molar-refractivity contribution is 4.95. The molecule has 0 radical (unpaired) electrons. The van der Waals surface area contributed by atoms with Crippen molar-refractivity contribution >= 4 is 0 Å². The molecule has 14 heteroatoms. The van der Waals surface area contributed by atoms with Gasteiger partial charge in [-0.3, -0.25) is 0 Å². The van der Waals surface area contributed by atoms with Crippen LogP contribution in [0.4, 0.5) is 0 Å². The molecule has 3 rings (SSSR count). The van der Waals surface area contributed by atoms with Crippen LogP contribution in [0.15, 0.2) is 0 Å². The van der Waals surface area contributed by atoms with Crippen LogP contribution in [-0.2, 0) is 23.7 Å². The fourth-order valence-corrected chi connectivity index (χ4v) is 4.16. The highest BCUT2D eigenvalue weighted by Gasteiger charge is 2.52. The van der Waals surface area contributed by atoms with Crippen molar-refractivity contribution in [2.75, 3.05) is 13.2 Å². The first kappa shape index (κ1) is 27.0. The van der Waals surface area contributed by atoms with E-state index in [1.165, 1.54) is 0 Å². The first-order valence-corrected chi connectivity index (χ1v) is 10.8. The molecule has 0 bridgehead atoms. The van der Waals surface area contributed by atoms with Gasteiger partial charge >= 0.3 is 0 Å². The topological polar surface area (TPSA) is 228 Å². The van der Waals surface area contributed by atoms with Gasteiger partial charge in [-0.25, -0.2) is 0 Å². The van der Waals surface area contributed by atoms with Gasteiger partial charge in [0.15, 0.2) is 18.9 Å². The summed E-state index contributed by atoms with van der Waals surface area (Å²) < 4.78 is 27.1. The van der Waals surface area contributed by atoms with Crippen molar-refractivity contribution < 1.29 is 69.6 Å². The van der Waals surface area contributed by atoms with Crippen LogP contribution in [-0.4, -0.2) is 145 Å². The van der Waals surface area contributed by atoms with E-state index in [2.05, 4.69) is 0 Å². The van der Waals surface area contributed by atoms with Crippen molar-refractivity contribution in [2.24, 2.45) is 5.92 Å². The second-order valence-electron chi connectivity index (χ2n) is 8.69. The zero-order valence-electron chi connectivity index (χ0n) is 18.1. The normalized spacial score (nSPS) is 53.7. The molecule has 9 N–H and O–H groups in total. The average Bonchev–Trinajstić information content (AvgIpc) is 2.80. The number of aliphatic hydroxyl groups is 9. The summed E-state index contributed by atoms with van der Waals surface area (Å²) in [5, 5.41) is 90.5. The Hall–Kier alpha value is -0.560. The fourth-order valence-electron chi connectivity index (χ4n) is 4.16. The van der Waals surface area contributed by atoms with Gasteiger partial charge in [-0.05, 0) is 6.92 Å². The molecule has 0 spiro atoms. The Labute approximate surface area is 189 Å². The summed E-state index contributed by atoms with van der Waals surface area (Å²) in [5.74, 6) is -0.401. The summed E-state index contributed by atoms with van der Waals surface area (Å²) in [6, 6.07) is 0. The Morgan fingerprint density at radius 2 is 1.03 bits per heavy atom. The Morgan fingerprint density at radius 3 is 1.58 bits per heavy atom. The van der Waals surface area contributed by atoms with E-state index in [1.54, 1.807) is 13.8 Å². The van der Waals surface area contributed by atoms with E-state index < -0.39 is 105 Å². The molecule has 0 aromatic rings. The molecule has 33 heavy (non-hydrogen) atoms. The second kappa shape index (κ2) is 11.0. The monoisotopic (exact) mass is 486 g/mol. The minimum absolute atomic E-state index is 0.401. The average molecular weight is 486 g/mol. The van der Waals surface area contributed by atoms with E-state index in [-0.39, 0.29) is 0 Å². The van der Waals surface area contributed by atoms with Crippen LogP contribution >= 0.6 is 0 Å². The Bertz CT molecular complexity index is 621. The van der Waals surface area contributed by atoms with Crippen LogP contribution in [0.25, 0.3) is 0 Å². The number of ether oxygens (including phenoxy) is 5. The lowest BCUT2D eigenvalue weighted by Gasteiger charge is -2.47.